The highest BCUT2D eigenvalue weighted by Crippen LogP contribution is 2.38. The van der Waals surface area contributed by atoms with Crippen molar-refractivity contribution >= 4 is 28.5 Å². The van der Waals surface area contributed by atoms with Gasteiger partial charge < -0.3 is 5.32 Å². The Labute approximate surface area is 198 Å². The molecule has 0 bridgehead atoms. The zero-order chi connectivity index (χ0) is 24.7. The van der Waals surface area contributed by atoms with Crippen molar-refractivity contribution in [3.05, 3.63) is 84.4 Å². The standard InChI is InChI=1S/C25H20F3N5O2/c1-25(27,28)24(35)31-19-12-22(34)32(23(19)15-5-3-2-4-6-15)21-11-16-13-30-33(20(16)14-29-21)18-9-7-17(26)8-10-18/h2-11,13-14,19,23H,12H2,1H3,(H,31,35). The molecule has 1 aliphatic rings. The van der Waals surface area contributed by atoms with Crippen LogP contribution in [0.3, 0.4) is 0 Å². The van der Waals surface area contributed by atoms with Gasteiger partial charge in [0.2, 0.25) is 5.91 Å². The van der Waals surface area contributed by atoms with E-state index in [0.29, 0.717) is 34.9 Å². The molecular formula is C25H20F3N5O2. The van der Waals surface area contributed by atoms with Gasteiger partial charge in [-0.05, 0) is 35.9 Å². The lowest BCUT2D eigenvalue weighted by Gasteiger charge is -2.29. The molecule has 2 aromatic heterocycles. The van der Waals surface area contributed by atoms with Gasteiger partial charge >= 0.3 is 5.92 Å². The van der Waals surface area contributed by atoms with Crippen LogP contribution in [0.4, 0.5) is 19.0 Å². The molecule has 5 rings (SSSR count). The van der Waals surface area contributed by atoms with E-state index in [9.17, 15) is 22.8 Å². The van der Waals surface area contributed by atoms with Gasteiger partial charge in [-0.3, -0.25) is 14.5 Å². The summed E-state index contributed by atoms with van der Waals surface area (Å²) in [5.41, 5.74) is 1.95. The lowest BCUT2D eigenvalue weighted by Crippen LogP contribution is -2.46. The minimum absolute atomic E-state index is 0.157. The van der Waals surface area contributed by atoms with Crippen molar-refractivity contribution < 1.29 is 22.8 Å². The molecule has 3 heterocycles. The van der Waals surface area contributed by atoms with E-state index in [4.69, 9.17) is 0 Å². The number of fused-ring (bicyclic) bond motifs is 1. The third kappa shape index (κ3) is 4.23. The van der Waals surface area contributed by atoms with Crippen LogP contribution in [0.5, 0.6) is 0 Å². The number of benzene rings is 2. The number of rotatable bonds is 5. The number of alkyl halides is 2. The summed E-state index contributed by atoms with van der Waals surface area (Å²) >= 11 is 0. The highest BCUT2D eigenvalue weighted by molar-refractivity contribution is 5.99. The topological polar surface area (TPSA) is 80.1 Å². The summed E-state index contributed by atoms with van der Waals surface area (Å²) in [6, 6.07) is 14.8. The lowest BCUT2D eigenvalue weighted by atomic mass is 9.99. The van der Waals surface area contributed by atoms with E-state index in [1.807, 2.05) is 0 Å². The SMILES string of the molecule is CC(F)(F)C(=O)NC1CC(=O)N(c2cc3cnn(-c4ccc(F)cc4)c3cn2)C1c1ccccc1. The Morgan fingerprint density at radius 2 is 1.80 bits per heavy atom. The quantitative estimate of drug-likeness (QED) is 0.466. The van der Waals surface area contributed by atoms with Crippen LogP contribution in [0, 0.1) is 5.82 Å². The van der Waals surface area contributed by atoms with E-state index >= 15 is 0 Å². The van der Waals surface area contributed by atoms with Gasteiger partial charge in [0.15, 0.2) is 0 Å². The van der Waals surface area contributed by atoms with E-state index in [0.717, 1.165) is 0 Å². The summed E-state index contributed by atoms with van der Waals surface area (Å²) in [4.78, 5) is 31.0. The predicted molar refractivity (Wildman–Crippen MR) is 123 cm³/mol. The third-order valence-corrected chi connectivity index (χ3v) is 5.94. The monoisotopic (exact) mass is 479 g/mol. The molecule has 2 amide bonds. The fourth-order valence-corrected chi connectivity index (χ4v) is 4.29. The summed E-state index contributed by atoms with van der Waals surface area (Å²) in [5, 5.41) is 7.36. The van der Waals surface area contributed by atoms with Gasteiger partial charge in [0.25, 0.3) is 5.91 Å². The number of pyridine rings is 1. The number of nitrogens with one attached hydrogen (secondary N) is 1. The molecule has 0 spiro atoms. The fourth-order valence-electron chi connectivity index (χ4n) is 4.29. The minimum atomic E-state index is -3.58. The van der Waals surface area contributed by atoms with Crippen LogP contribution in [0.1, 0.15) is 24.9 Å². The first-order chi connectivity index (χ1) is 16.7. The molecule has 2 unspecified atom stereocenters. The second-order valence-electron chi connectivity index (χ2n) is 8.43. The van der Waals surface area contributed by atoms with Gasteiger partial charge in [-0.1, -0.05) is 30.3 Å². The molecule has 1 fully saturated rings. The maximum Gasteiger partial charge on any atom is 0.321 e. The van der Waals surface area contributed by atoms with E-state index < -0.39 is 23.9 Å². The maximum absolute atomic E-state index is 13.6. The molecule has 1 saturated heterocycles. The largest absolute Gasteiger partial charge is 0.345 e. The first-order valence-electron chi connectivity index (χ1n) is 10.9. The number of hydrogen-bond donors (Lipinski definition) is 1. The average molecular weight is 479 g/mol. The summed E-state index contributed by atoms with van der Waals surface area (Å²) in [5.74, 6) is -5.45. The molecule has 178 valence electrons. The van der Waals surface area contributed by atoms with Crippen molar-refractivity contribution in [2.24, 2.45) is 0 Å². The van der Waals surface area contributed by atoms with E-state index in [2.05, 4.69) is 15.4 Å². The second kappa shape index (κ2) is 8.53. The molecule has 1 N–H and O–H groups in total. The maximum atomic E-state index is 13.6. The highest BCUT2D eigenvalue weighted by Gasteiger charge is 2.45. The number of aromatic nitrogens is 3. The first-order valence-corrected chi connectivity index (χ1v) is 10.9. The van der Waals surface area contributed by atoms with Crippen LogP contribution in [0.25, 0.3) is 16.6 Å². The number of hydrogen-bond acceptors (Lipinski definition) is 4. The molecule has 0 aliphatic carbocycles. The Morgan fingerprint density at radius 1 is 1.09 bits per heavy atom. The van der Waals surface area contributed by atoms with Gasteiger partial charge in [0.05, 0.1) is 35.7 Å². The van der Waals surface area contributed by atoms with E-state index in [1.54, 1.807) is 65.6 Å². The van der Waals surface area contributed by atoms with Crippen molar-refractivity contribution in [1.29, 1.82) is 0 Å². The number of carbonyl (C=O) groups is 2. The zero-order valence-electron chi connectivity index (χ0n) is 18.5. The first kappa shape index (κ1) is 22.6. The van der Waals surface area contributed by atoms with Crippen LogP contribution < -0.4 is 10.2 Å². The summed E-state index contributed by atoms with van der Waals surface area (Å²) in [7, 11) is 0. The number of halogens is 3. The van der Waals surface area contributed by atoms with E-state index in [1.165, 1.54) is 17.0 Å². The molecule has 4 aromatic rings. The van der Waals surface area contributed by atoms with Crippen molar-refractivity contribution in [3.8, 4) is 5.69 Å². The molecular weight excluding hydrogens is 459 g/mol. The molecule has 1 aliphatic heterocycles. The molecule has 0 radical (unpaired) electrons. The van der Waals surface area contributed by atoms with Crippen LogP contribution in [-0.2, 0) is 9.59 Å². The predicted octanol–water partition coefficient (Wildman–Crippen LogP) is 4.18. The number of carbonyl (C=O) groups excluding carboxylic acids is 2. The Hall–Kier alpha value is -4.21. The van der Waals surface area contributed by atoms with Gasteiger partial charge in [0, 0.05) is 18.7 Å². The zero-order valence-corrected chi connectivity index (χ0v) is 18.5. The smallest absolute Gasteiger partial charge is 0.321 e. The second-order valence-corrected chi connectivity index (χ2v) is 8.43. The molecule has 0 saturated carbocycles. The summed E-state index contributed by atoms with van der Waals surface area (Å²) in [6.45, 7) is 0.517. The minimum Gasteiger partial charge on any atom is -0.345 e. The van der Waals surface area contributed by atoms with Crippen LogP contribution >= 0.6 is 0 Å². The van der Waals surface area contributed by atoms with Gasteiger partial charge in [-0.25, -0.2) is 14.1 Å². The Kier molecular flexibility index (Phi) is 5.50. The molecule has 2 atom stereocenters. The van der Waals surface area contributed by atoms with Crippen molar-refractivity contribution in [3.63, 3.8) is 0 Å². The summed E-state index contributed by atoms with van der Waals surface area (Å²) < 4.78 is 42.1. The Morgan fingerprint density at radius 3 is 2.49 bits per heavy atom. The third-order valence-electron chi connectivity index (χ3n) is 5.94. The molecule has 7 nitrogen and oxygen atoms in total. The molecule has 10 heteroatoms. The normalized spacial score (nSPS) is 18.3. The van der Waals surface area contributed by atoms with E-state index in [-0.39, 0.29) is 18.1 Å². The average Bonchev–Trinajstić information content (AvgIpc) is 3.39. The van der Waals surface area contributed by atoms with Gasteiger partial charge in [-0.15, -0.1) is 0 Å². The summed E-state index contributed by atoms with van der Waals surface area (Å²) in [6.07, 6.45) is 2.98. The van der Waals surface area contributed by atoms with Gasteiger partial charge in [-0.2, -0.15) is 13.9 Å². The van der Waals surface area contributed by atoms with Crippen LogP contribution in [0.2, 0.25) is 0 Å². The van der Waals surface area contributed by atoms with Crippen LogP contribution in [-0.4, -0.2) is 38.5 Å². The van der Waals surface area contributed by atoms with Gasteiger partial charge in [0.1, 0.15) is 11.6 Å². The highest BCUT2D eigenvalue weighted by atomic mass is 19.3. The fraction of sp³-hybridized carbons (Fsp3) is 0.200. The van der Waals surface area contributed by atoms with Crippen molar-refractivity contribution in [2.45, 2.75) is 31.4 Å². The number of nitrogens with zero attached hydrogens (tertiary/aromatic N) is 4. The van der Waals surface area contributed by atoms with Crippen molar-refractivity contribution in [2.75, 3.05) is 4.90 Å². The number of anilines is 1. The molecule has 35 heavy (non-hydrogen) atoms. The number of amides is 2. The van der Waals surface area contributed by atoms with Crippen molar-refractivity contribution in [1.82, 2.24) is 20.1 Å². The Balaban J connectivity index is 1.53. The van der Waals surface area contributed by atoms with Crippen LogP contribution in [0.15, 0.2) is 73.1 Å². The Bertz CT molecular complexity index is 1400. The lowest BCUT2D eigenvalue weighted by molar-refractivity contribution is -0.143. The molecule has 2 aromatic carbocycles.